The van der Waals surface area contributed by atoms with Crippen molar-refractivity contribution in [2.45, 2.75) is 24.4 Å². The van der Waals surface area contributed by atoms with E-state index in [9.17, 15) is 35.2 Å². The largest absolute Gasteiger partial charge is 0.491 e. The summed E-state index contributed by atoms with van der Waals surface area (Å²) in [5.41, 5.74) is -1.94. The predicted octanol–water partition coefficient (Wildman–Crippen LogP) is 2.55. The number of carbonyl (C=O) groups excluding carboxylic acids is 1. The lowest BCUT2D eigenvalue weighted by Gasteiger charge is -2.22. The van der Waals surface area contributed by atoms with Gasteiger partial charge in [-0.25, -0.2) is 17.2 Å². The summed E-state index contributed by atoms with van der Waals surface area (Å²) in [6, 6.07) is 1.69. The van der Waals surface area contributed by atoms with Gasteiger partial charge in [-0.3, -0.25) is 4.79 Å². The summed E-state index contributed by atoms with van der Waals surface area (Å²) in [7, 11) is -3.06. The fourth-order valence-electron chi connectivity index (χ4n) is 2.97. The van der Waals surface area contributed by atoms with Gasteiger partial charge in [0.2, 0.25) is 11.6 Å². The van der Waals surface area contributed by atoms with Gasteiger partial charge in [0.15, 0.2) is 5.75 Å². The molecule has 0 aliphatic rings. The van der Waals surface area contributed by atoms with Gasteiger partial charge in [-0.2, -0.15) is 32.0 Å². The van der Waals surface area contributed by atoms with E-state index >= 15 is 0 Å². The minimum atomic E-state index is -5.48. The maximum absolute atomic E-state index is 13.7. The molecule has 2 aromatic heterocycles. The minimum absolute atomic E-state index is 0.0397. The zero-order valence-corrected chi connectivity index (χ0v) is 18.9. The van der Waals surface area contributed by atoms with Crippen molar-refractivity contribution in [1.82, 2.24) is 19.6 Å². The molecule has 0 bridgehead atoms. The van der Waals surface area contributed by atoms with E-state index in [0.717, 1.165) is 29.8 Å². The highest BCUT2D eigenvalue weighted by atomic mass is 32.2. The summed E-state index contributed by atoms with van der Waals surface area (Å²) in [6.45, 7) is -0.678. The number of anilines is 1. The number of alkyl halides is 5. The molecule has 0 aliphatic heterocycles. The number of halogens is 5. The molecule has 0 radical (unpaired) electrons. The number of carbonyl (C=O) groups is 1. The van der Waals surface area contributed by atoms with Gasteiger partial charge in [0.05, 0.1) is 26.0 Å². The van der Waals surface area contributed by atoms with Crippen LogP contribution in [0.5, 0.6) is 17.5 Å². The maximum Gasteiger partial charge on any atom is 0.417 e. The Labute approximate surface area is 194 Å². The second-order valence-electron chi connectivity index (χ2n) is 6.58. The van der Waals surface area contributed by atoms with E-state index in [1.165, 1.54) is 14.2 Å². The van der Waals surface area contributed by atoms with Gasteiger partial charge in [-0.15, -0.1) is 5.10 Å². The molecule has 0 saturated carbocycles. The first kappa shape index (κ1) is 25.9. The van der Waals surface area contributed by atoms with Crippen LogP contribution < -0.4 is 18.5 Å². The normalized spacial score (nSPS) is 12.1. The van der Waals surface area contributed by atoms with Crippen molar-refractivity contribution in [3.05, 3.63) is 30.0 Å². The third-order valence-corrected chi connectivity index (χ3v) is 6.15. The Morgan fingerprint density at radius 3 is 2.40 bits per heavy atom. The Kier molecular flexibility index (Phi) is 7.00. The lowest BCUT2D eigenvalue weighted by atomic mass is 10.2. The highest BCUT2D eigenvalue weighted by Crippen LogP contribution is 2.41. The smallest absolute Gasteiger partial charge is 0.417 e. The molecule has 3 aromatic rings. The number of sulfonamides is 1. The van der Waals surface area contributed by atoms with Crippen LogP contribution in [0.4, 0.5) is 27.9 Å². The molecule has 190 valence electrons. The Morgan fingerprint density at radius 1 is 1.17 bits per heavy atom. The number of fused-ring (bicyclic) bond motifs is 1. The van der Waals surface area contributed by atoms with Crippen LogP contribution >= 0.6 is 0 Å². The molecule has 0 spiro atoms. The standard InChI is InChI=1S/C18H16F5N5O6S/c1-9(29)28(16-25-15-12(32-2)7-24-17(33-3)27(15)26-16)35(30,31)14-10(18(21,22)23)5-4-6-11(14)34-8-13(19)20/h4-7,13H,8H2,1-3H3. The van der Waals surface area contributed by atoms with Crippen LogP contribution in [0, 0.1) is 0 Å². The first-order valence-corrected chi connectivity index (χ1v) is 10.8. The predicted molar refractivity (Wildman–Crippen MR) is 107 cm³/mol. The average molecular weight is 525 g/mol. The summed E-state index contributed by atoms with van der Waals surface area (Å²) in [5, 5.41) is 3.82. The van der Waals surface area contributed by atoms with Crippen molar-refractivity contribution in [3.8, 4) is 17.5 Å². The van der Waals surface area contributed by atoms with Crippen molar-refractivity contribution < 1.29 is 49.4 Å². The third-order valence-electron chi connectivity index (χ3n) is 4.31. The second kappa shape index (κ2) is 9.47. The van der Waals surface area contributed by atoms with Gasteiger partial charge >= 0.3 is 12.2 Å². The number of hydrogen-bond acceptors (Lipinski definition) is 9. The Morgan fingerprint density at radius 2 is 1.86 bits per heavy atom. The van der Waals surface area contributed by atoms with Gasteiger partial charge in [-0.05, 0) is 12.1 Å². The molecular formula is C18H16F5N5O6S. The van der Waals surface area contributed by atoms with Crippen molar-refractivity contribution >= 4 is 27.5 Å². The van der Waals surface area contributed by atoms with Gasteiger partial charge in [0.1, 0.15) is 17.3 Å². The quantitative estimate of drug-likeness (QED) is 0.408. The summed E-state index contributed by atoms with van der Waals surface area (Å²) >= 11 is 0. The first-order valence-electron chi connectivity index (χ1n) is 9.33. The molecule has 0 N–H and O–H groups in total. The second-order valence-corrected chi connectivity index (χ2v) is 8.31. The summed E-state index contributed by atoms with van der Waals surface area (Å²) in [6.07, 6.45) is -7.25. The van der Waals surface area contributed by atoms with Crippen LogP contribution in [0.1, 0.15) is 12.5 Å². The van der Waals surface area contributed by atoms with Crippen molar-refractivity contribution in [3.63, 3.8) is 0 Å². The van der Waals surface area contributed by atoms with Gasteiger partial charge < -0.3 is 14.2 Å². The SMILES string of the molecule is COc1cnc(OC)n2nc(N(C(C)=O)S(=O)(=O)c3c(OCC(F)F)cccc3C(F)(F)F)nc12. The van der Waals surface area contributed by atoms with Crippen molar-refractivity contribution in [2.75, 3.05) is 25.1 Å². The number of hydrogen-bond donors (Lipinski definition) is 0. The number of aromatic nitrogens is 4. The molecule has 1 aromatic carbocycles. The first-order chi connectivity index (χ1) is 16.3. The van der Waals surface area contributed by atoms with E-state index in [4.69, 9.17) is 9.47 Å². The number of methoxy groups -OCH3 is 2. The minimum Gasteiger partial charge on any atom is -0.491 e. The lowest BCUT2D eigenvalue weighted by Crippen LogP contribution is -2.37. The number of rotatable bonds is 8. The highest BCUT2D eigenvalue weighted by Gasteiger charge is 2.44. The molecule has 0 fully saturated rings. The van der Waals surface area contributed by atoms with Gasteiger partial charge in [0.25, 0.3) is 22.4 Å². The van der Waals surface area contributed by atoms with Gasteiger partial charge in [-0.1, -0.05) is 6.07 Å². The van der Waals surface area contributed by atoms with Crippen LogP contribution in [-0.4, -0.2) is 61.2 Å². The number of nitrogens with zero attached hydrogens (tertiary/aromatic N) is 5. The average Bonchev–Trinajstić information content (AvgIpc) is 3.19. The fourth-order valence-corrected chi connectivity index (χ4v) is 4.63. The van der Waals surface area contributed by atoms with Crippen LogP contribution in [0.15, 0.2) is 29.3 Å². The molecule has 1 amide bonds. The number of benzene rings is 1. The number of ether oxygens (including phenoxy) is 3. The van der Waals surface area contributed by atoms with E-state index in [0.29, 0.717) is 6.07 Å². The Hall–Kier alpha value is -3.76. The molecule has 0 unspecified atom stereocenters. The molecule has 11 nitrogen and oxygen atoms in total. The summed E-state index contributed by atoms with van der Waals surface area (Å²) < 4.78 is 109. The van der Waals surface area contributed by atoms with E-state index in [-0.39, 0.29) is 21.7 Å². The summed E-state index contributed by atoms with van der Waals surface area (Å²) in [5.74, 6) is -3.29. The topological polar surface area (TPSA) is 125 Å². The van der Waals surface area contributed by atoms with Crippen LogP contribution in [0.2, 0.25) is 0 Å². The molecule has 0 aliphatic carbocycles. The number of amides is 1. The molecule has 0 saturated heterocycles. The van der Waals surface area contributed by atoms with Crippen molar-refractivity contribution in [2.24, 2.45) is 0 Å². The lowest BCUT2D eigenvalue weighted by molar-refractivity contribution is -0.140. The Bertz CT molecular complexity index is 1320. The highest BCUT2D eigenvalue weighted by molar-refractivity contribution is 7.93. The molecule has 0 atom stereocenters. The van der Waals surface area contributed by atoms with E-state index in [1.54, 1.807) is 0 Å². The van der Waals surface area contributed by atoms with E-state index < -0.39 is 57.3 Å². The van der Waals surface area contributed by atoms with Crippen molar-refractivity contribution in [1.29, 1.82) is 0 Å². The van der Waals surface area contributed by atoms with E-state index in [2.05, 4.69) is 19.8 Å². The zero-order valence-electron chi connectivity index (χ0n) is 18.1. The van der Waals surface area contributed by atoms with Crippen LogP contribution in [-0.2, 0) is 21.0 Å². The monoisotopic (exact) mass is 525 g/mol. The molecule has 35 heavy (non-hydrogen) atoms. The molecule has 3 rings (SSSR count). The third kappa shape index (κ3) is 4.89. The Balaban J connectivity index is 2.30. The molecule has 17 heteroatoms. The van der Waals surface area contributed by atoms with E-state index in [1.807, 2.05) is 0 Å². The summed E-state index contributed by atoms with van der Waals surface area (Å²) in [4.78, 5) is 18.6. The van der Waals surface area contributed by atoms with Crippen LogP contribution in [0.25, 0.3) is 5.65 Å². The maximum atomic E-state index is 13.7. The zero-order chi connectivity index (χ0) is 26.1. The molecule has 2 heterocycles. The fraction of sp³-hybridized carbons (Fsp3) is 0.333. The van der Waals surface area contributed by atoms with Gasteiger partial charge in [0, 0.05) is 6.92 Å². The van der Waals surface area contributed by atoms with Crippen LogP contribution in [0.3, 0.4) is 0 Å². The molecular weight excluding hydrogens is 509 g/mol.